The van der Waals surface area contributed by atoms with Crippen molar-refractivity contribution in [3.63, 3.8) is 0 Å². The minimum absolute atomic E-state index is 0.233. The maximum absolute atomic E-state index is 12.5. The third-order valence-electron chi connectivity index (χ3n) is 4.14. The highest BCUT2D eigenvalue weighted by Crippen LogP contribution is 2.25. The van der Waals surface area contributed by atoms with E-state index in [1.807, 2.05) is 49.6 Å². The van der Waals surface area contributed by atoms with E-state index in [4.69, 9.17) is 4.74 Å². The number of aromatic amines is 1. The lowest BCUT2D eigenvalue weighted by atomic mass is 10.2. The van der Waals surface area contributed by atoms with Gasteiger partial charge in [0.1, 0.15) is 5.75 Å². The Morgan fingerprint density at radius 2 is 1.96 bits per heavy atom. The number of aryl methyl sites for hydroxylation is 1. The number of aromatic nitrogens is 4. The number of carbonyl (C=O) groups excluding carboxylic acids is 1. The van der Waals surface area contributed by atoms with Gasteiger partial charge in [-0.3, -0.25) is 14.6 Å². The molecule has 2 aromatic heterocycles. The van der Waals surface area contributed by atoms with Crippen molar-refractivity contribution < 1.29 is 9.53 Å². The van der Waals surface area contributed by atoms with Crippen LogP contribution < -0.4 is 15.4 Å². The highest BCUT2D eigenvalue weighted by Gasteiger charge is 2.12. The van der Waals surface area contributed by atoms with Crippen LogP contribution in [0.5, 0.6) is 5.75 Å². The van der Waals surface area contributed by atoms with Crippen LogP contribution in [0.25, 0.3) is 10.9 Å². The molecule has 0 spiro atoms. The van der Waals surface area contributed by atoms with E-state index < -0.39 is 0 Å². The second-order valence-corrected chi connectivity index (χ2v) is 6.01. The summed E-state index contributed by atoms with van der Waals surface area (Å²) in [7, 11) is 3.46. The molecule has 8 nitrogen and oxygen atoms in total. The van der Waals surface area contributed by atoms with Crippen LogP contribution in [0.2, 0.25) is 0 Å². The Morgan fingerprint density at radius 1 is 1.15 bits per heavy atom. The SMILES string of the molecule is COc1ccc2c(NC(=O)c3ccc(Nc4ccn(C)n4)cc3)n[nH]c2c1. The summed E-state index contributed by atoms with van der Waals surface area (Å²) in [4.78, 5) is 12.5. The van der Waals surface area contributed by atoms with Gasteiger partial charge in [0.2, 0.25) is 0 Å². The molecule has 0 aliphatic heterocycles. The molecule has 0 unspecified atom stereocenters. The maximum atomic E-state index is 12.5. The van der Waals surface area contributed by atoms with Crippen LogP contribution in [0.1, 0.15) is 10.4 Å². The van der Waals surface area contributed by atoms with Gasteiger partial charge in [-0.15, -0.1) is 0 Å². The third-order valence-corrected chi connectivity index (χ3v) is 4.14. The minimum atomic E-state index is -0.233. The van der Waals surface area contributed by atoms with E-state index in [2.05, 4.69) is 25.9 Å². The van der Waals surface area contributed by atoms with E-state index in [0.717, 1.165) is 28.2 Å². The number of fused-ring (bicyclic) bond motifs is 1. The second-order valence-electron chi connectivity index (χ2n) is 6.01. The molecule has 1 amide bonds. The van der Waals surface area contributed by atoms with Crippen molar-refractivity contribution in [2.24, 2.45) is 7.05 Å². The number of nitrogens with zero attached hydrogens (tertiary/aromatic N) is 3. The number of anilines is 3. The summed E-state index contributed by atoms with van der Waals surface area (Å²) in [5.41, 5.74) is 2.17. The van der Waals surface area contributed by atoms with Gasteiger partial charge in [-0.25, -0.2) is 0 Å². The number of hydrogen-bond acceptors (Lipinski definition) is 5. The van der Waals surface area contributed by atoms with Crippen molar-refractivity contribution in [2.45, 2.75) is 0 Å². The zero-order chi connectivity index (χ0) is 18.8. The van der Waals surface area contributed by atoms with Crippen molar-refractivity contribution >= 4 is 34.1 Å². The predicted molar refractivity (Wildman–Crippen MR) is 104 cm³/mol. The first-order chi connectivity index (χ1) is 13.1. The van der Waals surface area contributed by atoms with Crippen LogP contribution in [-0.2, 0) is 7.05 Å². The molecule has 0 radical (unpaired) electrons. The smallest absolute Gasteiger partial charge is 0.256 e. The normalized spacial score (nSPS) is 10.7. The zero-order valence-corrected chi connectivity index (χ0v) is 14.9. The zero-order valence-electron chi connectivity index (χ0n) is 14.9. The molecule has 0 aliphatic carbocycles. The lowest BCUT2D eigenvalue weighted by Crippen LogP contribution is -2.12. The molecule has 0 fully saturated rings. The monoisotopic (exact) mass is 362 g/mol. The van der Waals surface area contributed by atoms with Crippen LogP contribution in [0, 0.1) is 0 Å². The van der Waals surface area contributed by atoms with Crippen molar-refractivity contribution in [3.05, 3.63) is 60.3 Å². The average molecular weight is 362 g/mol. The van der Waals surface area contributed by atoms with Crippen molar-refractivity contribution in [1.29, 1.82) is 0 Å². The Morgan fingerprint density at radius 3 is 2.67 bits per heavy atom. The summed E-state index contributed by atoms with van der Waals surface area (Å²) in [6.07, 6.45) is 1.86. The molecule has 136 valence electrons. The number of benzene rings is 2. The summed E-state index contributed by atoms with van der Waals surface area (Å²) in [6.45, 7) is 0. The molecule has 4 aromatic rings. The average Bonchev–Trinajstić information content (AvgIpc) is 3.28. The number of amides is 1. The third kappa shape index (κ3) is 3.45. The quantitative estimate of drug-likeness (QED) is 0.506. The molecule has 0 aliphatic rings. The van der Waals surface area contributed by atoms with E-state index in [1.54, 1.807) is 23.9 Å². The molecule has 8 heteroatoms. The minimum Gasteiger partial charge on any atom is -0.497 e. The van der Waals surface area contributed by atoms with Crippen LogP contribution in [0.15, 0.2) is 54.7 Å². The van der Waals surface area contributed by atoms with E-state index in [9.17, 15) is 4.79 Å². The lowest BCUT2D eigenvalue weighted by molar-refractivity contribution is 0.102. The molecule has 2 heterocycles. The maximum Gasteiger partial charge on any atom is 0.256 e. The van der Waals surface area contributed by atoms with Crippen LogP contribution >= 0.6 is 0 Å². The number of carbonyl (C=O) groups is 1. The molecule has 3 N–H and O–H groups in total. The second kappa shape index (κ2) is 6.83. The Labute approximate surface area is 155 Å². The summed E-state index contributed by atoms with van der Waals surface area (Å²) < 4.78 is 6.91. The van der Waals surface area contributed by atoms with Crippen LogP contribution in [0.3, 0.4) is 0 Å². The van der Waals surface area contributed by atoms with Gasteiger partial charge in [-0.2, -0.15) is 10.2 Å². The predicted octanol–water partition coefficient (Wildman–Crippen LogP) is 3.30. The molecule has 0 atom stereocenters. The van der Waals surface area contributed by atoms with Crippen molar-refractivity contribution in [1.82, 2.24) is 20.0 Å². The number of H-pyrrole nitrogens is 1. The van der Waals surface area contributed by atoms with Gasteiger partial charge in [-0.05, 0) is 36.4 Å². The topological polar surface area (TPSA) is 96.9 Å². The molecule has 4 rings (SSSR count). The summed E-state index contributed by atoms with van der Waals surface area (Å²) >= 11 is 0. The summed E-state index contributed by atoms with van der Waals surface area (Å²) in [5, 5.41) is 18.2. The first-order valence-electron chi connectivity index (χ1n) is 8.32. The van der Waals surface area contributed by atoms with Gasteiger partial charge < -0.3 is 15.4 Å². The molecule has 0 saturated carbocycles. The summed E-state index contributed by atoms with van der Waals surface area (Å²) in [6, 6.07) is 14.5. The van der Waals surface area contributed by atoms with Crippen LogP contribution in [-0.4, -0.2) is 33.0 Å². The van der Waals surface area contributed by atoms with Gasteiger partial charge in [0.05, 0.1) is 12.6 Å². The fourth-order valence-corrected chi connectivity index (χ4v) is 2.74. The molecule has 0 saturated heterocycles. The first kappa shape index (κ1) is 16.6. The van der Waals surface area contributed by atoms with Gasteiger partial charge in [0.25, 0.3) is 5.91 Å². The van der Waals surface area contributed by atoms with E-state index in [-0.39, 0.29) is 5.91 Å². The van der Waals surface area contributed by atoms with Crippen LogP contribution in [0.4, 0.5) is 17.3 Å². The number of nitrogens with one attached hydrogen (secondary N) is 3. The lowest BCUT2D eigenvalue weighted by Gasteiger charge is -2.06. The van der Waals surface area contributed by atoms with Gasteiger partial charge >= 0.3 is 0 Å². The van der Waals surface area contributed by atoms with Gasteiger partial charge in [-0.1, -0.05) is 0 Å². The number of ether oxygens (including phenoxy) is 1. The Kier molecular flexibility index (Phi) is 4.21. The van der Waals surface area contributed by atoms with E-state index in [1.165, 1.54) is 0 Å². The van der Waals surface area contributed by atoms with Crippen molar-refractivity contribution in [3.8, 4) is 5.75 Å². The molecule has 2 aromatic carbocycles. The largest absolute Gasteiger partial charge is 0.497 e. The Balaban J connectivity index is 1.48. The highest BCUT2D eigenvalue weighted by molar-refractivity contribution is 6.08. The van der Waals surface area contributed by atoms with Crippen molar-refractivity contribution in [2.75, 3.05) is 17.7 Å². The number of rotatable bonds is 5. The highest BCUT2D eigenvalue weighted by atomic mass is 16.5. The molecular formula is C19H18N6O2. The molecule has 27 heavy (non-hydrogen) atoms. The fourth-order valence-electron chi connectivity index (χ4n) is 2.74. The number of hydrogen-bond donors (Lipinski definition) is 3. The fraction of sp³-hybridized carbons (Fsp3) is 0.105. The molecular weight excluding hydrogens is 344 g/mol. The molecule has 0 bridgehead atoms. The van der Waals surface area contributed by atoms with Gasteiger partial charge in [0, 0.05) is 42.0 Å². The van der Waals surface area contributed by atoms with Gasteiger partial charge in [0.15, 0.2) is 11.6 Å². The number of methoxy groups -OCH3 is 1. The van der Waals surface area contributed by atoms with E-state index in [0.29, 0.717) is 11.4 Å². The first-order valence-corrected chi connectivity index (χ1v) is 8.32. The Bertz CT molecular complexity index is 1100. The standard InChI is InChI=1S/C19H18N6O2/c1-25-10-9-17(24-25)20-13-5-3-12(4-6-13)19(26)21-18-15-8-7-14(27-2)11-16(15)22-23-18/h3-11H,1-2H3,(H,20,24)(H2,21,22,23,26). The Hall–Kier alpha value is -3.81. The van der Waals surface area contributed by atoms with E-state index >= 15 is 0 Å². The summed E-state index contributed by atoms with van der Waals surface area (Å²) in [5.74, 6) is 1.71.